The molecule has 106 valence electrons. The fourth-order valence-corrected chi connectivity index (χ4v) is 1.34. The van der Waals surface area contributed by atoms with Gasteiger partial charge in [-0.05, 0) is 24.6 Å². The minimum absolute atomic E-state index is 0.0190. The lowest BCUT2D eigenvalue weighted by molar-refractivity contribution is -0.136. The van der Waals surface area contributed by atoms with Crippen molar-refractivity contribution < 1.29 is 27.5 Å². The topological polar surface area (TPSA) is 67.8 Å². The highest BCUT2D eigenvalue weighted by molar-refractivity contribution is 5.99. The van der Waals surface area contributed by atoms with Crippen molar-refractivity contribution in [3.8, 4) is 5.75 Å². The molecule has 0 aliphatic heterocycles. The van der Waals surface area contributed by atoms with Gasteiger partial charge in [0.15, 0.2) is 5.84 Å². The molecule has 3 N–H and O–H groups in total. The van der Waals surface area contributed by atoms with Crippen LogP contribution in [0.25, 0.3) is 0 Å². The summed E-state index contributed by atoms with van der Waals surface area (Å²) in [6, 6.07) is 3.23. The first-order chi connectivity index (χ1) is 8.83. The Balaban J connectivity index is 2.68. The highest BCUT2D eigenvalue weighted by Gasteiger charge is 2.26. The summed E-state index contributed by atoms with van der Waals surface area (Å²) in [5, 5.41) is 11.2. The minimum atomic E-state index is -4.25. The molecule has 0 bridgehead atoms. The number of ether oxygens (including phenoxy) is 1. The molecule has 0 saturated carbocycles. The molecule has 0 spiro atoms. The second-order valence-electron chi connectivity index (χ2n) is 3.69. The Morgan fingerprint density at radius 1 is 1.37 bits per heavy atom. The minimum Gasteiger partial charge on any atom is -0.493 e. The van der Waals surface area contributed by atoms with Gasteiger partial charge in [-0.1, -0.05) is 5.16 Å². The number of amidine groups is 1. The average molecular weight is 280 g/mol. The first-order valence-electron chi connectivity index (χ1n) is 5.30. The maximum absolute atomic E-state index is 13.0. The van der Waals surface area contributed by atoms with Gasteiger partial charge in [-0.25, -0.2) is 4.39 Å². The van der Waals surface area contributed by atoms with Crippen LogP contribution in [-0.4, -0.2) is 23.8 Å². The van der Waals surface area contributed by atoms with Crippen molar-refractivity contribution in [2.45, 2.75) is 19.0 Å². The van der Waals surface area contributed by atoms with E-state index in [-0.39, 0.29) is 30.2 Å². The Morgan fingerprint density at radius 3 is 2.63 bits per heavy atom. The van der Waals surface area contributed by atoms with Gasteiger partial charge in [0.25, 0.3) is 0 Å². The molecule has 0 aliphatic carbocycles. The van der Waals surface area contributed by atoms with Gasteiger partial charge in [0.05, 0.1) is 12.2 Å². The van der Waals surface area contributed by atoms with Crippen LogP contribution in [0.15, 0.2) is 23.4 Å². The van der Waals surface area contributed by atoms with Crippen molar-refractivity contribution in [1.82, 2.24) is 0 Å². The molecule has 19 heavy (non-hydrogen) atoms. The molecule has 0 aromatic heterocycles. The highest BCUT2D eigenvalue weighted by Crippen LogP contribution is 2.23. The number of benzene rings is 1. The van der Waals surface area contributed by atoms with Crippen LogP contribution in [0.4, 0.5) is 17.6 Å². The average Bonchev–Trinajstić information content (AvgIpc) is 2.33. The zero-order chi connectivity index (χ0) is 14.5. The Hall–Kier alpha value is -1.99. The molecule has 0 radical (unpaired) electrons. The van der Waals surface area contributed by atoms with Crippen LogP contribution in [0, 0.1) is 5.82 Å². The SMILES string of the molecule is N/C(=N/O)c1cc(F)ccc1OCCCC(F)(F)F. The third-order valence-electron chi connectivity index (χ3n) is 2.19. The van der Waals surface area contributed by atoms with Gasteiger partial charge in [0, 0.05) is 6.42 Å². The molecule has 0 heterocycles. The molecule has 1 aromatic rings. The number of hydrogen-bond acceptors (Lipinski definition) is 3. The van der Waals surface area contributed by atoms with E-state index in [2.05, 4.69) is 5.16 Å². The summed E-state index contributed by atoms with van der Waals surface area (Å²) in [5.41, 5.74) is 5.29. The third-order valence-corrected chi connectivity index (χ3v) is 2.19. The van der Waals surface area contributed by atoms with Gasteiger partial charge >= 0.3 is 6.18 Å². The number of alkyl halides is 3. The number of halogens is 4. The van der Waals surface area contributed by atoms with Crippen molar-refractivity contribution in [2.75, 3.05) is 6.61 Å². The van der Waals surface area contributed by atoms with Crippen LogP contribution in [0.2, 0.25) is 0 Å². The van der Waals surface area contributed by atoms with E-state index in [1.165, 1.54) is 6.07 Å². The third kappa shape index (κ3) is 5.02. The summed E-state index contributed by atoms with van der Waals surface area (Å²) in [7, 11) is 0. The number of oxime groups is 1. The number of hydrogen-bond donors (Lipinski definition) is 2. The molecule has 0 aliphatic rings. The van der Waals surface area contributed by atoms with Crippen LogP contribution in [0.3, 0.4) is 0 Å². The highest BCUT2D eigenvalue weighted by atomic mass is 19.4. The van der Waals surface area contributed by atoms with Crippen molar-refractivity contribution in [1.29, 1.82) is 0 Å². The zero-order valence-electron chi connectivity index (χ0n) is 9.75. The lowest BCUT2D eigenvalue weighted by atomic mass is 10.2. The summed E-state index contributed by atoms with van der Waals surface area (Å²) in [6.07, 6.45) is -5.47. The molecule has 0 saturated heterocycles. The second kappa shape index (κ2) is 6.26. The van der Waals surface area contributed by atoms with Gasteiger partial charge in [-0.2, -0.15) is 13.2 Å². The summed E-state index contributed by atoms with van der Waals surface area (Å²) in [4.78, 5) is 0. The summed E-state index contributed by atoms with van der Waals surface area (Å²) < 4.78 is 53.8. The number of nitrogens with zero attached hydrogens (tertiary/aromatic N) is 1. The van der Waals surface area contributed by atoms with Gasteiger partial charge in [-0.3, -0.25) is 0 Å². The van der Waals surface area contributed by atoms with Crippen LogP contribution >= 0.6 is 0 Å². The maximum Gasteiger partial charge on any atom is 0.389 e. The monoisotopic (exact) mass is 280 g/mol. The quantitative estimate of drug-likeness (QED) is 0.217. The first kappa shape index (κ1) is 15.1. The Bertz CT molecular complexity index is 460. The molecular formula is C11H12F4N2O2. The fourth-order valence-electron chi connectivity index (χ4n) is 1.34. The van der Waals surface area contributed by atoms with Crippen LogP contribution in [0.1, 0.15) is 18.4 Å². The summed E-state index contributed by atoms with van der Waals surface area (Å²) >= 11 is 0. The summed E-state index contributed by atoms with van der Waals surface area (Å²) in [6.45, 7) is -0.211. The number of rotatable bonds is 5. The molecule has 4 nitrogen and oxygen atoms in total. The Morgan fingerprint density at radius 2 is 2.05 bits per heavy atom. The lowest BCUT2D eigenvalue weighted by Gasteiger charge is -2.11. The van der Waals surface area contributed by atoms with Crippen LogP contribution < -0.4 is 10.5 Å². The standard InChI is InChI=1S/C11H12F4N2O2/c12-7-2-3-9(8(6-7)10(16)17-18)19-5-1-4-11(13,14)15/h2-3,6,18H,1,4-5H2,(H2,16,17). The first-order valence-corrected chi connectivity index (χ1v) is 5.30. The van der Waals surface area contributed by atoms with Gasteiger partial charge in [-0.15, -0.1) is 0 Å². The van der Waals surface area contributed by atoms with E-state index in [9.17, 15) is 17.6 Å². The molecule has 0 amide bonds. The van der Waals surface area contributed by atoms with E-state index < -0.39 is 18.4 Å². The van der Waals surface area contributed by atoms with Crippen molar-refractivity contribution >= 4 is 5.84 Å². The summed E-state index contributed by atoms with van der Waals surface area (Å²) in [5.74, 6) is -0.964. The Labute approximate surface area is 106 Å². The van der Waals surface area contributed by atoms with Gasteiger partial charge < -0.3 is 15.7 Å². The maximum atomic E-state index is 13.0. The Kier molecular flexibility index (Phi) is 4.96. The molecule has 1 rings (SSSR count). The van der Waals surface area contributed by atoms with E-state index in [1.807, 2.05) is 0 Å². The van der Waals surface area contributed by atoms with Crippen molar-refractivity contribution in [3.05, 3.63) is 29.6 Å². The van der Waals surface area contributed by atoms with Crippen LogP contribution in [0.5, 0.6) is 5.75 Å². The largest absolute Gasteiger partial charge is 0.493 e. The van der Waals surface area contributed by atoms with E-state index in [1.54, 1.807) is 0 Å². The second-order valence-corrected chi connectivity index (χ2v) is 3.69. The molecular weight excluding hydrogens is 268 g/mol. The van der Waals surface area contributed by atoms with E-state index in [0.717, 1.165) is 12.1 Å². The number of nitrogens with two attached hydrogens (primary N) is 1. The molecule has 8 heteroatoms. The van der Waals surface area contributed by atoms with E-state index in [0.29, 0.717) is 0 Å². The van der Waals surface area contributed by atoms with E-state index >= 15 is 0 Å². The van der Waals surface area contributed by atoms with Gasteiger partial charge in [0.2, 0.25) is 0 Å². The zero-order valence-corrected chi connectivity index (χ0v) is 9.75. The van der Waals surface area contributed by atoms with E-state index in [4.69, 9.17) is 15.7 Å². The van der Waals surface area contributed by atoms with Crippen molar-refractivity contribution in [3.63, 3.8) is 0 Å². The lowest BCUT2D eigenvalue weighted by Crippen LogP contribution is -2.16. The van der Waals surface area contributed by atoms with Gasteiger partial charge in [0.1, 0.15) is 11.6 Å². The fraction of sp³-hybridized carbons (Fsp3) is 0.364. The molecule has 0 atom stereocenters. The predicted octanol–water partition coefficient (Wildman–Crippen LogP) is 2.64. The predicted molar refractivity (Wildman–Crippen MR) is 59.7 cm³/mol. The van der Waals surface area contributed by atoms with Crippen LogP contribution in [-0.2, 0) is 0 Å². The smallest absolute Gasteiger partial charge is 0.389 e. The normalized spacial score (nSPS) is 12.5. The molecule has 0 unspecified atom stereocenters. The molecule has 1 aromatic carbocycles. The molecule has 0 fully saturated rings. The van der Waals surface area contributed by atoms with Crippen molar-refractivity contribution in [2.24, 2.45) is 10.9 Å².